The van der Waals surface area contributed by atoms with Crippen molar-refractivity contribution >= 4 is 5.91 Å². The number of amides is 1. The molecule has 0 bridgehead atoms. The van der Waals surface area contributed by atoms with Crippen molar-refractivity contribution in [3.05, 3.63) is 71.3 Å². The van der Waals surface area contributed by atoms with Crippen LogP contribution in [0.2, 0.25) is 0 Å². The molecule has 0 N–H and O–H groups in total. The number of carbonyl (C=O) groups excluding carboxylic acids is 1. The normalized spacial score (nSPS) is 21.1. The summed E-state index contributed by atoms with van der Waals surface area (Å²) in [6.45, 7) is 1.38. The van der Waals surface area contributed by atoms with E-state index in [1.807, 2.05) is 11.0 Å². The minimum absolute atomic E-state index is 0.0249. The summed E-state index contributed by atoms with van der Waals surface area (Å²) in [7, 11) is 3.19. The number of carbonyl (C=O) groups is 1. The third-order valence-electron chi connectivity index (χ3n) is 5.96. The minimum Gasteiger partial charge on any atom is -0.493 e. The van der Waals surface area contributed by atoms with Gasteiger partial charge in [-0.05, 0) is 55.0 Å². The average molecular weight is 377 g/mol. The van der Waals surface area contributed by atoms with Crippen LogP contribution in [0.1, 0.15) is 40.7 Å². The molecule has 0 radical (unpaired) electrons. The van der Waals surface area contributed by atoms with Crippen molar-refractivity contribution in [2.24, 2.45) is 5.41 Å². The third-order valence-corrected chi connectivity index (χ3v) is 5.96. The lowest BCUT2D eigenvalue weighted by Gasteiger charge is -2.36. The van der Waals surface area contributed by atoms with Gasteiger partial charge in [-0.3, -0.25) is 4.79 Å². The number of fused-ring (bicyclic) bond motifs is 1. The van der Waals surface area contributed by atoms with Crippen molar-refractivity contribution in [3.63, 3.8) is 0 Å². The van der Waals surface area contributed by atoms with Gasteiger partial charge < -0.3 is 14.4 Å². The minimum atomic E-state index is 0.0249. The van der Waals surface area contributed by atoms with Gasteiger partial charge in [-0.1, -0.05) is 36.4 Å². The van der Waals surface area contributed by atoms with Crippen LogP contribution >= 0.6 is 0 Å². The van der Waals surface area contributed by atoms with Gasteiger partial charge in [0.15, 0.2) is 11.5 Å². The SMILES string of the molecule is COc1ccc(C(=O)N2Cc3ccccc3CC3(C=CCCC3)C2)cc1OC. The summed E-state index contributed by atoms with van der Waals surface area (Å²) in [4.78, 5) is 15.5. The molecule has 2 aromatic carbocycles. The highest BCUT2D eigenvalue weighted by Crippen LogP contribution is 2.39. The summed E-state index contributed by atoms with van der Waals surface area (Å²) < 4.78 is 10.7. The van der Waals surface area contributed by atoms with E-state index in [0.717, 1.165) is 25.8 Å². The fraction of sp³-hybridized carbons (Fsp3) is 0.375. The summed E-state index contributed by atoms with van der Waals surface area (Å²) in [5, 5.41) is 0. The summed E-state index contributed by atoms with van der Waals surface area (Å²) in [6.07, 6.45) is 9.07. The highest BCUT2D eigenvalue weighted by Gasteiger charge is 2.36. The number of hydrogen-bond donors (Lipinski definition) is 0. The molecule has 1 unspecified atom stereocenters. The van der Waals surface area contributed by atoms with E-state index >= 15 is 0 Å². The van der Waals surface area contributed by atoms with Gasteiger partial charge in [-0.2, -0.15) is 0 Å². The lowest BCUT2D eigenvalue weighted by Crippen LogP contribution is -2.40. The Hall–Kier alpha value is -2.75. The first-order chi connectivity index (χ1) is 13.6. The van der Waals surface area contributed by atoms with Crippen LogP contribution in [0.5, 0.6) is 11.5 Å². The zero-order valence-corrected chi connectivity index (χ0v) is 16.6. The largest absolute Gasteiger partial charge is 0.493 e. The van der Waals surface area contributed by atoms with E-state index in [1.165, 1.54) is 17.5 Å². The molecule has 1 aliphatic heterocycles. The van der Waals surface area contributed by atoms with Gasteiger partial charge in [0.2, 0.25) is 0 Å². The molecule has 2 aliphatic rings. The number of allylic oxidation sites excluding steroid dienone is 1. The monoisotopic (exact) mass is 377 g/mol. The van der Waals surface area contributed by atoms with E-state index in [-0.39, 0.29) is 11.3 Å². The predicted octanol–water partition coefficient (Wildman–Crippen LogP) is 4.63. The van der Waals surface area contributed by atoms with Gasteiger partial charge in [0.05, 0.1) is 14.2 Å². The smallest absolute Gasteiger partial charge is 0.254 e. The Balaban J connectivity index is 1.70. The lowest BCUT2D eigenvalue weighted by molar-refractivity contribution is 0.0677. The van der Waals surface area contributed by atoms with Crippen LogP contribution < -0.4 is 9.47 Å². The van der Waals surface area contributed by atoms with Crippen molar-refractivity contribution in [2.75, 3.05) is 20.8 Å². The lowest BCUT2D eigenvalue weighted by atomic mass is 9.74. The Morgan fingerprint density at radius 3 is 2.54 bits per heavy atom. The fourth-order valence-corrected chi connectivity index (χ4v) is 4.52. The van der Waals surface area contributed by atoms with E-state index in [1.54, 1.807) is 26.4 Å². The molecule has 0 saturated heterocycles. The molecule has 1 atom stereocenters. The van der Waals surface area contributed by atoms with E-state index in [4.69, 9.17) is 9.47 Å². The Morgan fingerprint density at radius 2 is 1.82 bits per heavy atom. The molecule has 4 rings (SSSR count). The van der Waals surface area contributed by atoms with Crippen molar-refractivity contribution in [1.82, 2.24) is 4.90 Å². The van der Waals surface area contributed by atoms with Crippen LogP contribution in [-0.4, -0.2) is 31.6 Å². The Labute approximate surface area is 166 Å². The van der Waals surface area contributed by atoms with E-state index in [9.17, 15) is 4.79 Å². The topological polar surface area (TPSA) is 38.8 Å². The molecule has 28 heavy (non-hydrogen) atoms. The first-order valence-electron chi connectivity index (χ1n) is 9.90. The van der Waals surface area contributed by atoms with Gasteiger partial charge in [0.1, 0.15) is 0 Å². The number of benzene rings is 2. The van der Waals surface area contributed by atoms with Crippen LogP contribution in [0.25, 0.3) is 0 Å². The van der Waals surface area contributed by atoms with Crippen molar-refractivity contribution in [1.29, 1.82) is 0 Å². The average Bonchev–Trinajstić information content (AvgIpc) is 2.89. The van der Waals surface area contributed by atoms with Gasteiger partial charge in [-0.25, -0.2) is 0 Å². The fourth-order valence-electron chi connectivity index (χ4n) is 4.52. The summed E-state index contributed by atoms with van der Waals surface area (Å²) >= 11 is 0. The maximum Gasteiger partial charge on any atom is 0.254 e. The molecule has 4 heteroatoms. The van der Waals surface area contributed by atoms with Crippen LogP contribution in [0.15, 0.2) is 54.6 Å². The Kier molecular flexibility index (Phi) is 5.12. The van der Waals surface area contributed by atoms with Crippen molar-refractivity contribution < 1.29 is 14.3 Å². The highest BCUT2D eigenvalue weighted by molar-refractivity contribution is 5.95. The second-order valence-corrected chi connectivity index (χ2v) is 7.83. The molecule has 0 fully saturated rings. The van der Waals surface area contributed by atoms with Crippen molar-refractivity contribution in [3.8, 4) is 11.5 Å². The first kappa shape index (κ1) is 18.6. The molecule has 1 spiro atoms. The van der Waals surface area contributed by atoms with Crippen LogP contribution in [0.3, 0.4) is 0 Å². The molecule has 2 aromatic rings. The van der Waals surface area contributed by atoms with Crippen LogP contribution in [0, 0.1) is 5.41 Å². The quantitative estimate of drug-likeness (QED) is 0.732. The van der Waals surface area contributed by atoms with Gasteiger partial charge >= 0.3 is 0 Å². The molecule has 1 heterocycles. The van der Waals surface area contributed by atoms with Crippen LogP contribution in [0.4, 0.5) is 0 Å². The maximum absolute atomic E-state index is 13.5. The molecular formula is C24H27NO3. The number of hydrogen-bond acceptors (Lipinski definition) is 3. The summed E-state index contributed by atoms with van der Waals surface area (Å²) in [6, 6.07) is 13.9. The zero-order valence-electron chi connectivity index (χ0n) is 16.6. The standard InChI is InChI=1S/C24H27NO3/c1-27-21-11-10-18(14-22(21)28-2)23(26)25-16-20-9-5-4-8-19(20)15-24(17-25)12-6-3-7-13-24/h4-6,8-12,14H,3,7,13,15-17H2,1-2H3. The summed E-state index contributed by atoms with van der Waals surface area (Å²) in [5.74, 6) is 1.25. The molecule has 1 aliphatic carbocycles. The molecule has 0 saturated carbocycles. The number of methoxy groups -OCH3 is 2. The predicted molar refractivity (Wildman–Crippen MR) is 110 cm³/mol. The highest BCUT2D eigenvalue weighted by atomic mass is 16.5. The number of rotatable bonds is 3. The second kappa shape index (κ2) is 7.70. The van der Waals surface area contributed by atoms with Gasteiger partial charge in [0.25, 0.3) is 5.91 Å². The zero-order chi connectivity index (χ0) is 19.6. The number of ether oxygens (including phenoxy) is 2. The van der Waals surface area contributed by atoms with E-state index < -0.39 is 0 Å². The Bertz CT molecular complexity index is 904. The Morgan fingerprint density at radius 1 is 1.04 bits per heavy atom. The maximum atomic E-state index is 13.5. The van der Waals surface area contributed by atoms with Gasteiger partial charge in [-0.15, -0.1) is 0 Å². The van der Waals surface area contributed by atoms with Gasteiger partial charge in [0, 0.05) is 24.1 Å². The molecule has 0 aromatic heterocycles. The molecule has 1 amide bonds. The van der Waals surface area contributed by atoms with E-state index in [0.29, 0.717) is 23.6 Å². The van der Waals surface area contributed by atoms with Crippen molar-refractivity contribution in [2.45, 2.75) is 32.2 Å². The number of nitrogens with zero attached hydrogens (tertiary/aromatic N) is 1. The second-order valence-electron chi connectivity index (χ2n) is 7.83. The van der Waals surface area contributed by atoms with E-state index in [2.05, 4.69) is 36.4 Å². The third kappa shape index (κ3) is 3.51. The molecular weight excluding hydrogens is 350 g/mol. The molecule has 4 nitrogen and oxygen atoms in total. The summed E-state index contributed by atoms with van der Waals surface area (Å²) in [5.41, 5.74) is 3.26. The molecule has 146 valence electrons. The first-order valence-corrected chi connectivity index (χ1v) is 9.90. The van der Waals surface area contributed by atoms with Crippen LogP contribution in [-0.2, 0) is 13.0 Å².